The third-order valence-corrected chi connectivity index (χ3v) is 9.67. The lowest BCUT2D eigenvalue weighted by Gasteiger charge is -2.62. The van der Waals surface area contributed by atoms with Crippen molar-refractivity contribution in [1.29, 1.82) is 0 Å². The number of hydrogen-bond donors (Lipinski definition) is 1. The fourth-order valence-corrected chi connectivity index (χ4v) is 7.91. The molecule has 168 valence electrons. The average molecular weight is 417 g/mol. The Kier molecular flexibility index (Phi) is 5.04. The standard InChI is InChI=1S/C25H40N2O3/c1-22(2,14-26)30-27-19-10-12-25(6)17-9-11-24(5)16(7-8-20(24)29)15(17)13-18(28)21(25)23(19,3)4/h15-17,21H,7-14,26H2,1-6H3/b27-19+/t15-,16-,17-,21?,24-,25+/m0/s1. The topological polar surface area (TPSA) is 81.8 Å². The fraction of sp³-hybridized carbons (Fsp3) is 0.880. The van der Waals surface area contributed by atoms with Crippen LogP contribution in [0.5, 0.6) is 0 Å². The first kappa shape index (κ1) is 22.0. The molecule has 4 aliphatic rings. The smallest absolute Gasteiger partial charge is 0.144 e. The number of oxime groups is 1. The molecule has 0 spiro atoms. The van der Waals surface area contributed by atoms with Crippen LogP contribution in [0.15, 0.2) is 5.16 Å². The molecule has 0 aliphatic heterocycles. The molecule has 0 aromatic heterocycles. The van der Waals surface area contributed by atoms with Gasteiger partial charge in [-0.25, -0.2) is 0 Å². The Morgan fingerprint density at radius 3 is 2.43 bits per heavy atom. The summed E-state index contributed by atoms with van der Waals surface area (Å²) >= 11 is 0. The molecule has 5 heteroatoms. The van der Waals surface area contributed by atoms with Crippen molar-refractivity contribution in [3.63, 3.8) is 0 Å². The number of rotatable bonds is 3. The number of Topliss-reactive ketones (excluding diaryl/α,β-unsaturated/α-hetero) is 2. The minimum Gasteiger partial charge on any atom is -0.389 e. The van der Waals surface area contributed by atoms with Gasteiger partial charge in [-0.15, -0.1) is 0 Å². The van der Waals surface area contributed by atoms with Crippen LogP contribution >= 0.6 is 0 Å². The summed E-state index contributed by atoms with van der Waals surface area (Å²) in [5, 5.41) is 4.55. The number of carbonyl (C=O) groups excluding carboxylic acids is 2. The van der Waals surface area contributed by atoms with E-state index in [1.54, 1.807) is 0 Å². The van der Waals surface area contributed by atoms with E-state index in [0.717, 1.165) is 37.8 Å². The molecular formula is C25H40N2O3. The molecule has 30 heavy (non-hydrogen) atoms. The van der Waals surface area contributed by atoms with Crippen molar-refractivity contribution in [2.24, 2.45) is 50.8 Å². The summed E-state index contributed by atoms with van der Waals surface area (Å²) in [6.45, 7) is 13.2. The average Bonchev–Trinajstić information content (AvgIpc) is 2.95. The van der Waals surface area contributed by atoms with E-state index in [1.807, 2.05) is 13.8 Å². The zero-order valence-electron chi connectivity index (χ0n) is 19.7. The molecule has 0 aromatic carbocycles. The van der Waals surface area contributed by atoms with Gasteiger partial charge in [0.15, 0.2) is 0 Å². The van der Waals surface area contributed by atoms with Crippen molar-refractivity contribution in [3.05, 3.63) is 0 Å². The molecule has 0 radical (unpaired) electrons. The Labute approximate surface area is 181 Å². The Morgan fingerprint density at radius 1 is 1.07 bits per heavy atom. The first-order chi connectivity index (χ1) is 13.9. The molecule has 4 saturated carbocycles. The maximum Gasteiger partial charge on any atom is 0.144 e. The van der Waals surface area contributed by atoms with E-state index in [9.17, 15) is 9.59 Å². The van der Waals surface area contributed by atoms with Crippen molar-refractivity contribution < 1.29 is 14.4 Å². The summed E-state index contributed by atoms with van der Waals surface area (Å²) in [5.74, 6) is 2.04. The first-order valence-electron chi connectivity index (χ1n) is 11.9. The highest BCUT2D eigenvalue weighted by atomic mass is 16.6. The SMILES string of the molecule is CC(C)(CN)O/N=C1\CC[C@@]2(C)C(C(=O)C[C@@H]3[C@@H]2CC[C@]2(C)C(=O)CC[C@@H]32)C1(C)C. The zero-order valence-corrected chi connectivity index (χ0v) is 19.7. The summed E-state index contributed by atoms with van der Waals surface area (Å²) in [4.78, 5) is 32.1. The van der Waals surface area contributed by atoms with Gasteiger partial charge in [-0.2, -0.15) is 0 Å². The normalized spacial score (nSPS) is 44.4. The van der Waals surface area contributed by atoms with E-state index in [4.69, 9.17) is 10.6 Å². The van der Waals surface area contributed by atoms with Crippen LogP contribution in [0.25, 0.3) is 0 Å². The molecule has 4 aliphatic carbocycles. The third-order valence-electron chi connectivity index (χ3n) is 9.67. The Hall–Kier alpha value is -1.23. The van der Waals surface area contributed by atoms with Gasteiger partial charge in [0.05, 0.1) is 5.71 Å². The molecule has 0 amide bonds. The highest BCUT2D eigenvalue weighted by Gasteiger charge is 2.65. The minimum absolute atomic E-state index is 0.0289. The summed E-state index contributed by atoms with van der Waals surface area (Å²) < 4.78 is 0. The van der Waals surface area contributed by atoms with Gasteiger partial charge >= 0.3 is 0 Å². The summed E-state index contributed by atoms with van der Waals surface area (Å²) in [6.07, 6.45) is 6.20. The van der Waals surface area contributed by atoms with Crippen LogP contribution in [0.1, 0.15) is 86.5 Å². The van der Waals surface area contributed by atoms with Gasteiger partial charge < -0.3 is 10.6 Å². The van der Waals surface area contributed by atoms with Crippen molar-refractivity contribution in [2.75, 3.05) is 6.54 Å². The lowest BCUT2D eigenvalue weighted by molar-refractivity contribution is -0.160. The summed E-state index contributed by atoms with van der Waals surface area (Å²) in [7, 11) is 0. The lowest BCUT2D eigenvalue weighted by atomic mass is 9.41. The van der Waals surface area contributed by atoms with Crippen LogP contribution in [0.4, 0.5) is 0 Å². The maximum absolute atomic E-state index is 13.7. The predicted octanol–water partition coefficient (Wildman–Crippen LogP) is 4.52. The number of carbonyl (C=O) groups is 2. The van der Waals surface area contributed by atoms with E-state index >= 15 is 0 Å². The molecule has 0 saturated heterocycles. The number of nitrogens with zero attached hydrogens (tertiary/aromatic N) is 1. The largest absolute Gasteiger partial charge is 0.389 e. The van der Waals surface area contributed by atoms with Crippen LogP contribution < -0.4 is 5.73 Å². The van der Waals surface area contributed by atoms with Gasteiger partial charge in [0.2, 0.25) is 0 Å². The van der Waals surface area contributed by atoms with Crippen molar-refractivity contribution in [1.82, 2.24) is 0 Å². The van der Waals surface area contributed by atoms with Crippen LogP contribution in [0.3, 0.4) is 0 Å². The molecule has 4 rings (SSSR count). The van der Waals surface area contributed by atoms with Crippen LogP contribution in [0, 0.1) is 39.9 Å². The van der Waals surface area contributed by atoms with Gasteiger partial charge in [0.25, 0.3) is 0 Å². The van der Waals surface area contributed by atoms with Gasteiger partial charge in [0, 0.05) is 36.1 Å². The highest BCUT2D eigenvalue weighted by molar-refractivity contribution is 5.97. The number of ketones is 2. The molecule has 2 N–H and O–H groups in total. The Balaban J connectivity index is 1.65. The first-order valence-corrected chi connectivity index (χ1v) is 11.9. The van der Waals surface area contributed by atoms with E-state index in [2.05, 4.69) is 32.9 Å². The molecule has 1 unspecified atom stereocenters. The molecule has 0 bridgehead atoms. The third kappa shape index (κ3) is 3.02. The van der Waals surface area contributed by atoms with Crippen molar-refractivity contribution in [3.8, 4) is 0 Å². The van der Waals surface area contributed by atoms with Gasteiger partial charge in [0.1, 0.15) is 17.2 Å². The van der Waals surface area contributed by atoms with E-state index < -0.39 is 5.60 Å². The minimum atomic E-state index is -0.506. The van der Waals surface area contributed by atoms with E-state index in [0.29, 0.717) is 48.7 Å². The molecule has 4 fully saturated rings. The van der Waals surface area contributed by atoms with E-state index in [-0.39, 0.29) is 22.2 Å². The molecule has 0 heterocycles. The summed E-state index contributed by atoms with van der Waals surface area (Å²) in [6, 6.07) is 0. The maximum atomic E-state index is 13.7. The molecular weight excluding hydrogens is 376 g/mol. The van der Waals surface area contributed by atoms with Gasteiger partial charge in [-0.05, 0) is 69.1 Å². The van der Waals surface area contributed by atoms with Gasteiger partial charge in [-0.1, -0.05) is 32.9 Å². The Morgan fingerprint density at radius 2 is 1.77 bits per heavy atom. The second kappa shape index (κ2) is 6.88. The lowest BCUT2D eigenvalue weighted by Crippen LogP contribution is -2.61. The number of nitrogens with two attached hydrogens (primary N) is 1. The predicted molar refractivity (Wildman–Crippen MR) is 118 cm³/mol. The van der Waals surface area contributed by atoms with Crippen molar-refractivity contribution >= 4 is 17.3 Å². The monoisotopic (exact) mass is 416 g/mol. The molecule has 6 atom stereocenters. The second-order valence-electron chi connectivity index (χ2n) is 12.2. The molecule has 5 nitrogen and oxygen atoms in total. The number of hydrogen-bond acceptors (Lipinski definition) is 5. The van der Waals surface area contributed by atoms with Crippen molar-refractivity contribution in [2.45, 2.75) is 92.1 Å². The summed E-state index contributed by atoms with van der Waals surface area (Å²) in [5.41, 5.74) is 5.74. The van der Waals surface area contributed by atoms with Gasteiger partial charge in [-0.3, -0.25) is 9.59 Å². The second-order valence-corrected chi connectivity index (χ2v) is 12.2. The quantitative estimate of drug-likeness (QED) is 0.686. The van der Waals surface area contributed by atoms with Crippen LogP contribution in [0.2, 0.25) is 0 Å². The highest BCUT2D eigenvalue weighted by Crippen LogP contribution is 2.66. The Bertz CT molecular complexity index is 785. The van der Waals surface area contributed by atoms with Crippen LogP contribution in [-0.4, -0.2) is 29.4 Å². The zero-order chi connectivity index (χ0) is 22.1. The number of fused-ring (bicyclic) bond motifs is 5. The molecule has 0 aromatic rings. The van der Waals surface area contributed by atoms with E-state index in [1.165, 1.54) is 0 Å². The fourth-order valence-electron chi connectivity index (χ4n) is 7.91. The van der Waals surface area contributed by atoms with Crippen LogP contribution in [-0.2, 0) is 14.4 Å².